The lowest BCUT2D eigenvalue weighted by atomic mass is 10.1. The minimum Gasteiger partial charge on any atom is -0.326 e. The molecule has 15 heavy (non-hydrogen) atoms. The molecule has 0 bridgehead atoms. The van der Waals surface area contributed by atoms with Crippen LogP contribution in [0.2, 0.25) is 0 Å². The summed E-state index contributed by atoms with van der Waals surface area (Å²) in [4.78, 5) is 11.2. The maximum Gasteiger partial charge on any atom is 0.224 e. The van der Waals surface area contributed by atoms with Crippen LogP contribution in [0.3, 0.4) is 0 Å². The Labute approximate surface area is 90.9 Å². The zero-order valence-electron chi connectivity index (χ0n) is 9.50. The molecule has 1 amide bonds. The monoisotopic (exact) mass is 206 g/mol. The van der Waals surface area contributed by atoms with Crippen LogP contribution in [-0.4, -0.2) is 13.0 Å². The molecule has 0 aliphatic rings. The first kappa shape index (κ1) is 11.7. The fourth-order valence-electron chi connectivity index (χ4n) is 1.30. The molecule has 0 saturated heterocycles. The van der Waals surface area contributed by atoms with Crippen molar-refractivity contribution >= 4 is 11.6 Å². The normalized spacial score (nSPS) is 12.2. The van der Waals surface area contributed by atoms with Gasteiger partial charge in [-0.2, -0.15) is 0 Å². The van der Waals surface area contributed by atoms with Crippen molar-refractivity contribution in [2.75, 3.05) is 12.4 Å². The Morgan fingerprint density at radius 2 is 2.20 bits per heavy atom. The van der Waals surface area contributed by atoms with Gasteiger partial charge in [-0.05, 0) is 31.7 Å². The average Bonchev–Trinajstić information content (AvgIpc) is 2.28. The Morgan fingerprint density at radius 1 is 1.47 bits per heavy atom. The van der Waals surface area contributed by atoms with Crippen LogP contribution in [0.4, 0.5) is 5.69 Å². The molecule has 0 fully saturated rings. The van der Waals surface area contributed by atoms with E-state index < -0.39 is 0 Å². The number of nitrogens with one attached hydrogen (secondary N) is 2. The molecule has 0 aliphatic heterocycles. The van der Waals surface area contributed by atoms with Crippen molar-refractivity contribution in [3.8, 4) is 0 Å². The Bertz CT molecular complexity index is 336. The third-order valence-corrected chi connectivity index (χ3v) is 2.42. The molecule has 3 nitrogen and oxygen atoms in total. The predicted molar refractivity (Wildman–Crippen MR) is 62.8 cm³/mol. The Balaban J connectivity index is 2.78. The van der Waals surface area contributed by atoms with E-state index in [1.165, 1.54) is 5.56 Å². The van der Waals surface area contributed by atoms with E-state index in [0.717, 1.165) is 5.69 Å². The predicted octanol–water partition coefficient (Wildman–Crippen LogP) is 2.32. The summed E-state index contributed by atoms with van der Waals surface area (Å²) in [6.07, 6.45) is 0.506. The second kappa shape index (κ2) is 5.51. The molecule has 0 heterocycles. The van der Waals surface area contributed by atoms with Gasteiger partial charge in [-0.1, -0.05) is 19.1 Å². The summed E-state index contributed by atoms with van der Waals surface area (Å²) in [5, 5.41) is 6.01. The molecule has 0 saturated carbocycles. The maximum atomic E-state index is 11.2. The van der Waals surface area contributed by atoms with Crippen LogP contribution in [0.25, 0.3) is 0 Å². The second-order valence-corrected chi connectivity index (χ2v) is 3.54. The SMILES string of the molecule is CCC(=O)Nc1cccc(C(C)NC)c1. The number of carbonyl (C=O) groups is 1. The van der Waals surface area contributed by atoms with Gasteiger partial charge in [0.25, 0.3) is 0 Å². The van der Waals surface area contributed by atoms with Gasteiger partial charge in [0.1, 0.15) is 0 Å². The van der Waals surface area contributed by atoms with Crippen molar-refractivity contribution in [3.63, 3.8) is 0 Å². The van der Waals surface area contributed by atoms with E-state index in [2.05, 4.69) is 17.6 Å². The van der Waals surface area contributed by atoms with Crippen LogP contribution in [0.1, 0.15) is 31.9 Å². The van der Waals surface area contributed by atoms with Crippen LogP contribution >= 0.6 is 0 Å². The Hall–Kier alpha value is -1.35. The first-order valence-corrected chi connectivity index (χ1v) is 5.24. The number of carbonyl (C=O) groups excluding carboxylic acids is 1. The van der Waals surface area contributed by atoms with E-state index >= 15 is 0 Å². The van der Waals surface area contributed by atoms with E-state index in [1.54, 1.807) is 0 Å². The van der Waals surface area contributed by atoms with Gasteiger partial charge >= 0.3 is 0 Å². The zero-order valence-corrected chi connectivity index (χ0v) is 9.50. The van der Waals surface area contributed by atoms with Crippen molar-refractivity contribution in [1.82, 2.24) is 5.32 Å². The van der Waals surface area contributed by atoms with E-state index in [4.69, 9.17) is 0 Å². The van der Waals surface area contributed by atoms with Crippen LogP contribution in [0.5, 0.6) is 0 Å². The summed E-state index contributed by atoms with van der Waals surface area (Å²) in [5.41, 5.74) is 2.04. The largest absolute Gasteiger partial charge is 0.326 e. The molecule has 2 N–H and O–H groups in total. The van der Waals surface area contributed by atoms with Crippen LogP contribution in [-0.2, 0) is 4.79 Å². The van der Waals surface area contributed by atoms with Crippen LogP contribution in [0, 0.1) is 0 Å². The lowest BCUT2D eigenvalue weighted by Crippen LogP contribution is -2.13. The summed E-state index contributed by atoms with van der Waals surface area (Å²) in [6.45, 7) is 3.93. The lowest BCUT2D eigenvalue weighted by molar-refractivity contribution is -0.115. The number of amides is 1. The minimum absolute atomic E-state index is 0.0456. The van der Waals surface area contributed by atoms with Gasteiger partial charge in [0, 0.05) is 18.2 Å². The highest BCUT2D eigenvalue weighted by atomic mass is 16.1. The fourth-order valence-corrected chi connectivity index (χ4v) is 1.30. The summed E-state index contributed by atoms with van der Waals surface area (Å²) in [5.74, 6) is 0.0456. The molecule has 3 heteroatoms. The van der Waals surface area contributed by atoms with Crippen LogP contribution in [0.15, 0.2) is 24.3 Å². The molecule has 0 aromatic heterocycles. The van der Waals surface area contributed by atoms with Crippen molar-refractivity contribution in [2.24, 2.45) is 0 Å². The molecule has 1 unspecified atom stereocenters. The van der Waals surface area contributed by atoms with E-state index in [0.29, 0.717) is 12.5 Å². The maximum absolute atomic E-state index is 11.2. The average molecular weight is 206 g/mol. The Kier molecular flexibility index (Phi) is 4.31. The summed E-state index contributed by atoms with van der Waals surface area (Å²) < 4.78 is 0. The highest BCUT2D eigenvalue weighted by Gasteiger charge is 2.04. The van der Waals surface area contributed by atoms with Gasteiger partial charge in [0.05, 0.1) is 0 Å². The molecule has 0 radical (unpaired) electrons. The summed E-state index contributed by atoms with van der Waals surface area (Å²) in [6, 6.07) is 8.19. The van der Waals surface area contributed by atoms with Gasteiger partial charge in [-0.25, -0.2) is 0 Å². The van der Waals surface area contributed by atoms with Gasteiger partial charge < -0.3 is 10.6 Å². The second-order valence-electron chi connectivity index (χ2n) is 3.54. The minimum atomic E-state index is 0.0456. The van der Waals surface area contributed by atoms with Gasteiger partial charge in [0.15, 0.2) is 0 Å². The summed E-state index contributed by atoms with van der Waals surface area (Å²) >= 11 is 0. The highest BCUT2D eigenvalue weighted by molar-refractivity contribution is 5.90. The third kappa shape index (κ3) is 3.36. The molecule has 1 atom stereocenters. The third-order valence-electron chi connectivity index (χ3n) is 2.42. The van der Waals surface area contributed by atoms with Crippen molar-refractivity contribution < 1.29 is 4.79 Å². The van der Waals surface area contributed by atoms with Gasteiger partial charge in [0.2, 0.25) is 5.91 Å². The molecular formula is C12H18N2O. The molecule has 1 rings (SSSR count). The molecule has 1 aromatic carbocycles. The highest BCUT2D eigenvalue weighted by Crippen LogP contribution is 2.16. The molecule has 1 aromatic rings. The van der Waals surface area contributed by atoms with Crippen molar-refractivity contribution in [2.45, 2.75) is 26.3 Å². The number of rotatable bonds is 4. The number of hydrogen-bond donors (Lipinski definition) is 2. The lowest BCUT2D eigenvalue weighted by Gasteiger charge is -2.12. The molecule has 82 valence electrons. The quantitative estimate of drug-likeness (QED) is 0.793. The van der Waals surface area contributed by atoms with Crippen LogP contribution < -0.4 is 10.6 Å². The topological polar surface area (TPSA) is 41.1 Å². The first-order chi connectivity index (χ1) is 7.17. The van der Waals surface area contributed by atoms with E-state index in [1.807, 2.05) is 38.2 Å². The fraction of sp³-hybridized carbons (Fsp3) is 0.417. The standard InChI is InChI=1S/C12H18N2O/c1-4-12(15)14-11-7-5-6-10(8-11)9(2)13-3/h5-9,13H,4H2,1-3H3,(H,14,15). The zero-order chi connectivity index (χ0) is 11.3. The number of hydrogen-bond acceptors (Lipinski definition) is 2. The van der Waals surface area contributed by atoms with Gasteiger partial charge in [-0.15, -0.1) is 0 Å². The summed E-state index contributed by atoms with van der Waals surface area (Å²) in [7, 11) is 1.92. The molecular weight excluding hydrogens is 188 g/mol. The molecule has 0 aliphatic carbocycles. The van der Waals surface area contributed by atoms with Crippen molar-refractivity contribution in [1.29, 1.82) is 0 Å². The Morgan fingerprint density at radius 3 is 2.80 bits per heavy atom. The first-order valence-electron chi connectivity index (χ1n) is 5.24. The van der Waals surface area contributed by atoms with Crippen molar-refractivity contribution in [3.05, 3.63) is 29.8 Å². The van der Waals surface area contributed by atoms with E-state index in [9.17, 15) is 4.79 Å². The van der Waals surface area contributed by atoms with E-state index in [-0.39, 0.29) is 5.91 Å². The smallest absolute Gasteiger partial charge is 0.224 e. The number of benzene rings is 1. The van der Waals surface area contributed by atoms with Gasteiger partial charge in [-0.3, -0.25) is 4.79 Å². The number of anilines is 1. The molecule has 0 spiro atoms.